The van der Waals surface area contributed by atoms with Crippen LogP contribution in [0.15, 0.2) is 41.4 Å². The van der Waals surface area contributed by atoms with Gasteiger partial charge in [-0.25, -0.2) is 4.39 Å². The van der Waals surface area contributed by atoms with Crippen molar-refractivity contribution >= 4 is 17.3 Å². The van der Waals surface area contributed by atoms with E-state index in [0.717, 1.165) is 30.9 Å². The normalized spacial score (nSPS) is 20.4. The smallest absolute Gasteiger partial charge is 0.191 e. The SMILES string of the molecule is CCc1ccc(CNC(=NC)NC2CC2c2ccccc2F)s1. The van der Waals surface area contributed by atoms with Crippen molar-refractivity contribution in [1.29, 1.82) is 0 Å². The van der Waals surface area contributed by atoms with Crippen molar-refractivity contribution in [2.75, 3.05) is 7.05 Å². The van der Waals surface area contributed by atoms with E-state index in [4.69, 9.17) is 0 Å². The third-order valence-corrected chi connectivity index (χ3v) is 5.37. The van der Waals surface area contributed by atoms with Crippen LogP contribution in [-0.2, 0) is 13.0 Å². The molecule has 3 rings (SSSR count). The monoisotopic (exact) mass is 331 g/mol. The molecule has 1 aromatic heterocycles. The maximum absolute atomic E-state index is 13.8. The highest BCUT2D eigenvalue weighted by molar-refractivity contribution is 7.11. The average molecular weight is 331 g/mol. The first-order valence-corrected chi connectivity index (χ1v) is 8.82. The van der Waals surface area contributed by atoms with Gasteiger partial charge in [-0.3, -0.25) is 4.99 Å². The Hall–Kier alpha value is -1.88. The second-order valence-corrected chi connectivity index (χ2v) is 7.01. The summed E-state index contributed by atoms with van der Waals surface area (Å²) in [6.45, 7) is 2.93. The summed E-state index contributed by atoms with van der Waals surface area (Å²) in [5, 5.41) is 6.72. The van der Waals surface area contributed by atoms with Gasteiger partial charge in [0.25, 0.3) is 0 Å². The van der Waals surface area contributed by atoms with Gasteiger partial charge in [-0.05, 0) is 36.6 Å². The Kier molecular flexibility index (Phi) is 4.96. The number of halogens is 1. The van der Waals surface area contributed by atoms with Crippen LogP contribution < -0.4 is 10.6 Å². The number of benzene rings is 1. The summed E-state index contributed by atoms with van der Waals surface area (Å²) >= 11 is 1.82. The van der Waals surface area contributed by atoms with Crippen molar-refractivity contribution in [3.63, 3.8) is 0 Å². The van der Waals surface area contributed by atoms with Crippen LogP contribution in [0.1, 0.15) is 34.6 Å². The Labute approximate surface area is 140 Å². The molecule has 0 aliphatic heterocycles. The molecule has 1 fully saturated rings. The molecule has 5 heteroatoms. The minimum absolute atomic E-state index is 0.115. The van der Waals surface area contributed by atoms with Crippen molar-refractivity contribution in [2.45, 2.75) is 38.3 Å². The molecular formula is C18H22FN3S. The quantitative estimate of drug-likeness (QED) is 0.648. The van der Waals surface area contributed by atoms with E-state index < -0.39 is 0 Å². The number of rotatable bonds is 5. The lowest BCUT2D eigenvalue weighted by atomic mass is 10.1. The van der Waals surface area contributed by atoms with E-state index in [2.05, 4.69) is 34.7 Å². The number of hydrogen-bond acceptors (Lipinski definition) is 2. The van der Waals surface area contributed by atoms with Crippen molar-refractivity contribution < 1.29 is 4.39 Å². The van der Waals surface area contributed by atoms with E-state index in [1.165, 1.54) is 15.8 Å². The summed E-state index contributed by atoms with van der Waals surface area (Å²) in [5.74, 6) is 0.902. The molecule has 2 aromatic rings. The van der Waals surface area contributed by atoms with Crippen molar-refractivity contribution in [3.8, 4) is 0 Å². The Morgan fingerprint density at radius 2 is 2.04 bits per heavy atom. The molecule has 1 aliphatic carbocycles. The van der Waals surface area contributed by atoms with Gasteiger partial charge in [-0.2, -0.15) is 0 Å². The van der Waals surface area contributed by atoms with E-state index in [9.17, 15) is 4.39 Å². The molecule has 0 saturated heterocycles. The fraction of sp³-hybridized carbons (Fsp3) is 0.389. The highest BCUT2D eigenvalue weighted by atomic mass is 32.1. The van der Waals surface area contributed by atoms with Gasteiger partial charge < -0.3 is 10.6 Å². The first-order chi connectivity index (χ1) is 11.2. The zero-order chi connectivity index (χ0) is 16.2. The van der Waals surface area contributed by atoms with Crippen LogP contribution in [0.25, 0.3) is 0 Å². The Morgan fingerprint density at radius 3 is 2.74 bits per heavy atom. The van der Waals surface area contributed by atoms with Crippen LogP contribution in [0.3, 0.4) is 0 Å². The molecule has 0 radical (unpaired) electrons. The third-order valence-electron chi connectivity index (χ3n) is 4.14. The predicted molar refractivity (Wildman–Crippen MR) is 94.6 cm³/mol. The number of aliphatic imine (C=N–C) groups is 1. The first-order valence-electron chi connectivity index (χ1n) is 8.00. The van der Waals surface area contributed by atoms with Crippen molar-refractivity contribution in [3.05, 3.63) is 57.5 Å². The number of thiophene rings is 1. The summed E-state index contributed by atoms with van der Waals surface area (Å²) in [5.41, 5.74) is 0.797. The largest absolute Gasteiger partial charge is 0.353 e. The fourth-order valence-corrected chi connectivity index (χ4v) is 3.62. The highest BCUT2D eigenvalue weighted by Gasteiger charge is 2.40. The van der Waals surface area contributed by atoms with Crippen LogP contribution in [0, 0.1) is 5.82 Å². The van der Waals surface area contributed by atoms with Crippen LogP contribution in [0.5, 0.6) is 0 Å². The highest BCUT2D eigenvalue weighted by Crippen LogP contribution is 2.41. The average Bonchev–Trinajstić information content (AvgIpc) is 3.17. The summed E-state index contributed by atoms with van der Waals surface area (Å²) in [4.78, 5) is 6.96. The van der Waals surface area contributed by atoms with Gasteiger partial charge >= 0.3 is 0 Å². The third kappa shape index (κ3) is 3.91. The molecule has 1 aliphatic rings. The van der Waals surface area contributed by atoms with E-state index in [-0.39, 0.29) is 17.8 Å². The minimum Gasteiger partial charge on any atom is -0.353 e. The Balaban J connectivity index is 1.52. The Bertz CT molecular complexity index is 695. The molecule has 2 N–H and O–H groups in total. The molecular weight excluding hydrogens is 309 g/mol. The zero-order valence-electron chi connectivity index (χ0n) is 13.5. The van der Waals surface area contributed by atoms with Gasteiger partial charge in [0.15, 0.2) is 5.96 Å². The summed E-state index contributed by atoms with van der Waals surface area (Å²) in [7, 11) is 1.77. The molecule has 2 unspecified atom stereocenters. The van der Waals surface area contributed by atoms with Gasteiger partial charge in [0, 0.05) is 28.8 Å². The summed E-state index contributed by atoms with van der Waals surface area (Å²) in [6.07, 6.45) is 2.02. The molecule has 1 aromatic carbocycles. The van der Waals surface area contributed by atoms with Gasteiger partial charge in [0.2, 0.25) is 0 Å². The van der Waals surface area contributed by atoms with Crippen LogP contribution >= 0.6 is 11.3 Å². The van der Waals surface area contributed by atoms with Gasteiger partial charge in [0.1, 0.15) is 5.82 Å². The maximum atomic E-state index is 13.8. The molecule has 0 bridgehead atoms. The molecule has 3 nitrogen and oxygen atoms in total. The molecule has 2 atom stereocenters. The number of hydrogen-bond donors (Lipinski definition) is 2. The van der Waals surface area contributed by atoms with Crippen LogP contribution in [0.4, 0.5) is 4.39 Å². The number of nitrogens with zero attached hydrogens (tertiary/aromatic N) is 1. The second-order valence-electron chi connectivity index (χ2n) is 5.76. The molecule has 1 saturated carbocycles. The number of aryl methyl sites for hydroxylation is 1. The fourth-order valence-electron chi connectivity index (χ4n) is 2.72. The van der Waals surface area contributed by atoms with Gasteiger partial charge in [0.05, 0.1) is 6.54 Å². The van der Waals surface area contributed by atoms with Crippen LogP contribution in [0.2, 0.25) is 0 Å². The number of nitrogens with one attached hydrogen (secondary N) is 2. The zero-order valence-corrected chi connectivity index (χ0v) is 14.3. The standard InChI is InChI=1S/C18H22FN3S/c1-3-12-8-9-13(23-12)11-21-18(20-2)22-17-10-15(17)14-6-4-5-7-16(14)19/h4-9,15,17H,3,10-11H2,1-2H3,(H2,20,21,22). The van der Waals surface area contributed by atoms with Gasteiger partial charge in [-0.1, -0.05) is 25.1 Å². The van der Waals surface area contributed by atoms with E-state index in [1.807, 2.05) is 23.5 Å². The molecule has 122 valence electrons. The molecule has 0 spiro atoms. The predicted octanol–water partition coefficient (Wildman–Crippen LogP) is 3.67. The van der Waals surface area contributed by atoms with Crippen LogP contribution in [-0.4, -0.2) is 19.0 Å². The summed E-state index contributed by atoms with van der Waals surface area (Å²) < 4.78 is 13.8. The second kappa shape index (κ2) is 7.13. The number of guanidine groups is 1. The lowest BCUT2D eigenvalue weighted by Gasteiger charge is -2.11. The van der Waals surface area contributed by atoms with Gasteiger partial charge in [-0.15, -0.1) is 11.3 Å². The molecule has 1 heterocycles. The van der Waals surface area contributed by atoms with E-state index in [0.29, 0.717) is 0 Å². The van der Waals surface area contributed by atoms with E-state index in [1.54, 1.807) is 13.1 Å². The topological polar surface area (TPSA) is 36.4 Å². The van der Waals surface area contributed by atoms with E-state index >= 15 is 0 Å². The summed E-state index contributed by atoms with van der Waals surface area (Å²) in [6, 6.07) is 11.6. The Morgan fingerprint density at radius 1 is 1.26 bits per heavy atom. The lowest BCUT2D eigenvalue weighted by Crippen LogP contribution is -2.38. The van der Waals surface area contributed by atoms with Crippen molar-refractivity contribution in [1.82, 2.24) is 10.6 Å². The lowest BCUT2D eigenvalue weighted by molar-refractivity contribution is 0.607. The maximum Gasteiger partial charge on any atom is 0.191 e. The first kappa shape index (κ1) is 16.0. The van der Waals surface area contributed by atoms with Crippen molar-refractivity contribution in [2.24, 2.45) is 4.99 Å². The molecule has 0 amide bonds. The minimum atomic E-state index is -0.115. The molecule has 23 heavy (non-hydrogen) atoms.